The zero-order chi connectivity index (χ0) is 10.0. The molecule has 0 unspecified atom stereocenters. The van der Waals surface area contributed by atoms with Crippen molar-refractivity contribution in [3.05, 3.63) is 37.9 Å². The molecule has 0 fully saturated rings. The summed E-state index contributed by atoms with van der Waals surface area (Å²) in [5, 5.41) is 10.7. The molecule has 0 amide bonds. The normalized spacial score (nSPS) is 10.1. The molecule has 0 bridgehead atoms. The van der Waals surface area contributed by atoms with E-state index in [4.69, 9.17) is 23.2 Å². The third-order valence-electron chi connectivity index (χ3n) is 1.72. The van der Waals surface area contributed by atoms with E-state index in [-0.39, 0.29) is 15.7 Å². The topological polar surface area (TPSA) is 43.1 Å². The van der Waals surface area contributed by atoms with E-state index in [0.29, 0.717) is 6.42 Å². The molecule has 0 N–H and O–H groups in total. The maximum atomic E-state index is 10.4. The Morgan fingerprint density at radius 1 is 1.38 bits per heavy atom. The number of hydrogen-bond acceptors (Lipinski definition) is 2. The highest BCUT2D eigenvalue weighted by molar-refractivity contribution is 6.43. The van der Waals surface area contributed by atoms with Crippen LogP contribution in [0.2, 0.25) is 10.0 Å². The molecule has 3 nitrogen and oxygen atoms in total. The highest BCUT2D eigenvalue weighted by Gasteiger charge is 2.16. The quantitative estimate of drug-likeness (QED) is 0.565. The third-order valence-corrected chi connectivity index (χ3v) is 2.63. The van der Waals surface area contributed by atoms with E-state index >= 15 is 0 Å². The lowest BCUT2D eigenvalue weighted by Crippen LogP contribution is -1.92. The van der Waals surface area contributed by atoms with Gasteiger partial charge in [0, 0.05) is 6.07 Å². The number of nitro benzene ring substituents is 1. The molecule has 0 aliphatic rings. The second-order valence-electron chi connectivity index (χ2n) is 2.48. The second-order valence-corrected chi connectivity index (χ2v) is 3.24. The number of aryl methyl sites for hydroxylation is 1. The van der Waals surface area contributed by atoms with Crippen LogP contribution in [0, 0.1) is 10.1 Å². The van der Waals surface area contributed by atoms with Crippen molar-refractivity contribution in [1.29, 1.82) is 0 Å². The molecule has 1 rings (SSSR count). The van der Waals surface area contributed by atoms with Crippen molar-refractivity contribution in [2.45, 2.75) is 13.3 Å². The predicted octanol–water partition coefficient (Wildman–Crippen LogP) is 3.46. The van der Waals surface area contributed by atoms with E-state index in [1.165, 1.54) is 6.07 Å². The molecular formula is C8H7Cl2NO2. The second kappa shape index (κ2) is 3.94. The summed E-state index contributed by atoms with van der Waals surface area (Å²) in [5.74, 6) is 0. The molecule has 0 heterocycles. The van der Waals surface area contributed by atoms with Gasteiger partial charge in [-0.15, -0.1) is 0 Å². The van der Waals surface area contributed by atoms with Crippen molar-refractivity contribution in [2.75, 3.05) is 0 Å². The van der Waals surface area contributed by atoms with E-state index in [1.54, 1.807) is 6.07 Å². The van der Waals surface area contributed by atoms with Crippen LogP contribution in [0.4, 0.5) is 5.69 Å². The van der Waals surface area contributed by atoms with Crippen LogP contribution in [0.15, 0.2) is 12.1 Å². The Hall–Kier alpha value is -0.800. The number of nitro groups is 1. The van der Waals surface area contributed by atoms with Crippen LogP contribution in [0.5, 0.6) is 0 Å². The highest BCUT2D eigenvalue weighted by Crippen LogP contribution is 2.34. The number of nitrogens with zero attached hydrogens (tertiary/aromatic N) is 1. The molecule has 5 heteroatoms. The average molecular weight is 220 g/mol. The maximum Gasteiger partial charge on any atom is 0.289 e. The van der Waals surface area contributed by atoms with Crippen LogP contribution in [-0.2, 0) is 6.42 Å². The molecule has 0 radical (unpaired) electrons. The summed E-state index contributed by atoms with van der Waals surface area (Å²) in [6.45, 7) is 1.91. The SMILES string of the molecule is CCc1ccc([N+](=O)[O-])c(Cl)c1Cl. The highest BCUT2D eigenvalue weighted by atomic mass is 35.5. The molecule has 0 aromatic heterocycles. The number of rotatable bonds is 2. The molecule has 0 saturated carbocycles. The summed E-state index contributed by atoms with van der Waals surface area (Å²) in [5.41, 5.74) is 0.668. The lowest BCUT2D eigenvalue weighted by atomic mass is 10.1. The van der Waals surface area contributed by atoms with Gasteiger partial charge in [0.05, 0.1) is 9.95 Å². The molecule has 70 valence electrons. The molecule has 0 spiro atoms. The van der Waals surface area contributed by atoms with E-state index in [0.717, 1.165) is 5.56 Å². The van der Waals surface area contributed by atoms with Crippen molar-refractivity contribution in [3.63, 3.8) is 0 Å². The number of halogens is 2. The lowest BCUT2D eigenvalue weighted by molar-refractivity contribution is -0.384. The minimum absolute atomic E-state index is 0.0195. The minimum Gasteiger partial charge on any atom is -0.258 e. The summed E-state index contributed by atoms with van der Waals surface area (Å²) in [7, 11) is 0. The van der Waals surface area contributed by atoms with Crippen molar-refractivity contribution in [3.8, 4) is 0 Å². The maximum absolute atomic E-state index is 10.4. The monoisotopic (exact) mass is 219 g/mol. The summed E-state index contributed by atoms with van der Waals surface area (Å²) >= 11 is 11.5. The Balaban J connectivity index is 3.31. The van der Waals surface area contributed by atoms with Crippen LogP contribution in [0.1, 0.15) is 12.5 Å². The first-order valence-corrected chi connectivity index (χ1v) is 4.44. The van der Waals surface area contributed by atoms with Crippen molar-refractivity contribution >= 4 is 28.9 Å². The van der Waals surface area contributed by atoms with Crippen LogP contribution < -0.4 is 0 Å². The van der Waals surface area contributed by atoms with Gasteiger partial charge in [-0.25, -0.2) is 0 Å². The van der Waals surface area contributed by atoms with Gasteiger partial charge in [-0.2, -0.15) is 0 Å². The molecule has 13 heavy (non-hydrogen) atoms. The minimum atomic E-state index is -0.548. The van der Waals surface area contributed by atoms with Crippen LogP contribution >= 0.6 is 23.2 Å². The molecule has 0 aliphatic carbocycles. The fourth-order valence-corrected chi connectivity index (χ4v) is 1.54. The number of hydrogen-bond donors (Lipinski definition) is 0. The standard InChI is InChI=1S/C8H7Cl2NO2/c1-2-5-3-4-6(11(12)13)8(10)7(5)9/h3-4H,2H2,1H3. The molecule has 1 aromatic rings. The van der Waals surface area contributed by atoms with Gasteiger partial charge in [0.25, 0.3) is 5.69 Å². The van der Waals surface area contributed by atoms with Gasteiger partial charge in [-0.05, 0) is 12.0 Å². The van der Waals surface area contributed by atoms with Crippen molar-refractivity contribution < 1.29 is 4.92 Å². The summed E-state index contributed by atoms with van der Waals surface area (Å²) in [4.78, 5) is 9.89. The Morgan fingerprint density at radius 2 is 2.00 bits per heavy atom. The Morgan fingerprint density at radius 3 is 2.46 bits per heavy atom. The van der Waals surface area contributed by atoms with E-state index < -0.39 is 4.92 Å². The fraction of sp³-hybridized carbons (Fsp3) is 0.250. The third kappa shape index (κ3) is 1.92. The largest absolute Gasteiger partial charge is 0.289 e. The molecule has 0 saturated heterocycles. The van der Waals surface area contributed by atoms with Gasteiger partial charge in [-0.3, -0.25) is 10.1 Å². The summed E-state index contributed by atoms with van der Waals surface area (Å²) < 4.78 is 0. The van der Waals surface area contributed by atoms with Crippen LogP contribution in [0.3, 0.4) is 0 Å². The lowest BCUT2D eigenvalue weighted by Gasteiger charge is -2.02. The molecular weight excluding hydrogens is 213 g/mol. The van der Waals surface area contributed by atoms with Crippen molar-refractivity contribution in [1.82, 2.24) is 0 Å². The van der Waals surface area contributed by atoms with Gasteiger partial charge >= 0.3 is 0 Å². The molecule has 1 aromatic carbocycles. The van der Waals surface area contributed by atoms with Gasteiger partial charge in [-0.1, -0.05) is 36.2 Å². The fourth-order valence-electron chi connectivity index (χ4n) is 0.993. The Labute approximate surface area is 85.4 Å². The first-order chi connectivity index (χ1) is 6.07. The number of benzene rings is 1. The molecule has 0 atom stereocenters. The van der Waals surface area contributed by atoms with E-state index in [2.05, 4.69) is 0 Å². The van der Waals surface area contributed by atoms with Gasteiger partial charge in [0.2, 0.25) is 0 Å². The van der Waals surface area contributed by atoms with Crippen molar-refractivity contribution in [2.24, 2.45) is 0 Å². The van der Waals surface area contributed by atoms with Gasteiger partial charge in [0.15, 0.2) is 0 Å². The van der Waals surface area contributed by atoms with E-state index in [9.17, 15) is 10.1 Å². The zero-order valence-corrected chi connectivity index (χ0v) is 8.39. The van der Waals surface area contributed by atoms with Crippen LogP contribution in [0.25, 0.3) is 0 Å². The van der Waals surface area contributed by atoms with Crippen LogP contribution in [-0.4, -0.2) is 4.92 Å². The summed E-state index contributed by atoms with van der Waals surface area (Å²) in [6, 6.07) is 2.99. The van der Waals surface area contributed by atoms with Gasteiger partial charge in [0.1, 0.15) is 5.02 Å². The van der Waals surface area contributed by atoms with Gasteiger partial charge < -0.3 is 0 Å². The first kappa shape index (κ1) is 10.3. The Bertz CT molecular complexity index is 352. The predicted molar refractivity (Wildman–Crippen MR) is 52.5 cm³/mol. The molecule has 0 aliphatic heterocycles. The first-order valence-electron chi connectivity index (χ1n) is 3.69. The smallest absolute Gasteiger partial charge is 0.258 e. The Kier molecular flexibility index (Phi) is 3.12. The van der Waals surface area contributed by atoms with E-state index in [1.807, 2.05) is 6.92 Å². The zero-order valence-electron chi connectivity index (χ0n) is 6.88. The average Bonchev–Trinajstić information content (AvgIpc) is 2.09. The summed E-state index contributed by atoms with van der Waals surface area (Å²) in [6.07, 6.45) is 0.705.